The molecule has 434 valence electrons. The van der Waals surface area contributed by atoms with Crippen molar-refractivity contribution in [3.63, 3.8) is 0 Å². The number of ether oxygens (including phenoxy) is 2. The number of morpholine rings is 1. The Morgan fingerprint density at radius 2 is 1.56 bits per heavy atom. The molecule has 5 fully saturated rings. The van der Waals surface area contributed by atoms with E-state index in [1.807, 2.05) is 48.5 Å². The molecule has 0 radical (unpaired) electrons. The third kappa shape index (κ3) is 12.0. The Labute approximate surface area is 470 Å². The molecule has 0 spiro atoms. The normalized spacial score (nSPS) is 22.4. The highest BCUT2D eigenvalue weighted by Crippen LogP contribution is 2.59. The molecule has 5 aliphatic rings. The highest BCUT2D eigenvalue weighted by Gasteiger charge is 2.51. The Kier molecular flexibility index (Phi) is 16.5. The van der Waals surface area contributed by atoms with E-state index < -0.39 is 72.3 Å². The molecule has 24 heteroatoms. The minimum absolute atomic E-state index is 0.0630. The number of carbonyl (C=O) groups excluding carboxylic acids is 6. The van der Waals surface area contributed by atoms with Crippen molar-refractivity contribution in [3.8, 4) is 0 Å². The number of anilines is 1. The van der Waals surface area contributed by atoms with Gasteiger partial charge >= 0.3 is 18.9 Å². The molecule has 5 aliphatic heterocycles. The molecule has 2 aromatic heterocycles. The van der Waals surface area contributed by atoms with Gasteiger partial charge in [0.25, 0.3) is 5.91 Å². The number of carbonyl (C=O) groups is 6. The smallest absolute Gasteiger partial charge is 0.371 e. The summed E-state index contributed by atoms with van der Waals surface area (Å²) < 4.78 is 56.8. The first-order valence-electron chi connectivity index (χ1n) is 27.7. The Morgan fingerprint density at radius 1 is 0.852 bits per heavy atom. The van der Waals surface area contributed by atoms with E-state index in [0.29, 0.717) is 35.1 Å². The SMILES string of the molecule is Cn1c(=O)n(C2CCC(=O)NC2=O)c2ccc(N3CCC(CC4CCN(C(=O)CO[C@@H]5CCN(C(=O)[C@@H](NC(=O)c6cc7cc(C(F)(F)P(=O)(O)O)ccc7s6)C(C)(C)C)[C@@H]5C(=O)N5CCO[C@H](c6ccccc6)C5)CC4)CC3)cc21. The van der Waals surface area contributed by atoms with E-state index in [0.717, 1.165) is 85.4 Å². The number of benzene rings is 3. The van der Waals surface area contributed by atoms with Crippen LogP contribution in [0.1, 0.15) is 105 Å². The minimum atomic E-state index is -5.85. The van der Waals surface area contributed by atoms with Gasteiger partial charge in [-0.15, -0.1) is 11.3 Å². The van der Waals surface area contributed by atoms with Crippen LogP contribution in [0.5, 0.6) is 0 Å². The molecule has 0 bridgehead atoms. The van der Waals surface area contributed by atoms with Gasteiger partial charge in [0.15, 0.2) is 0 Å². The summed E-state index contributed by atoms with van der Waals surface area (Å²) in [6.07, 6.45) is 4.09. The summed E-state index contributed by atoms with van der Waals surface area (Å²) in [7, 11) is -4.16. The second kappa shape index (κ2) is 23.1. The summed E-state index contributed by atoms with van der Waals surface area (Å²) in [5.74, 6) is -1.69. The van der Waals surface area contributed by atoms with Gasteiger partial charge in [0.05, 0.1) is 35.2 Å². The molecular weight excluding hydrogens is 1090 g/mol. The lowest BCUT2D eigenvalue weighted by atomic mass is 9.82. The lowest BCUT2D eigenvalue weighted by Crippen LogP contribution is -2.60. The van der Waals surface area contributed by atoms with Gasteiger partial charge in [-0.2, -0.15) is 8.78 Å². The number of nitrogens with one attached hydrogen (secondary N) is 2. The van der Waals surface area contributed by atoms with Crippen LogP contribution in [0.4, 0.5) is 14.5 Å². The number of aromatic nitrogens is 2. The van der Waals surface area contributed by atoms with Crippen LogP contribution in [0.15, 0.2) is 77.6 Å². The van der Waals surface area contributed by atoms with Gasteiger partial charge in [-0.1, -0.05) is 57.2 Å². The van der Waals surface area contributed by atoms with E-state index >= 15 is 0 Å². The first-order chi connectivity index (χ1) is 38.5. The lowest BCUT2D eigenvalue weighted by Gasteiger charge is -2.40. The van der Waals surface area contributed by atoms with Gasteiger partial charge in [0.2, 0.25) is 29.5 Å². The average molecular weight is 1160 g/mol. The second-order valence-corrected chi connectivity index (χ2v) is 26.0. The number of nitrogens with zero attached hydrogens (tertiary/aromatic N) is 6. The molecule has 0 saturated carbocycles. The molecule has 1 unspecified atom stereocenters. The molecule has 6 amide bonds. The van der Waals surface area contributed by atoms with Gasteiger partial charge < -0.3 is 44.2 Å². The average Bonchev–Trinajstić information content (AvgIpc) is 3.95. The van der Waals surface area contributed by atoms with Crippen molar-refractivity contribution in [2.45, 2.75) is 108 Å². The van der Waals surface area contributed by atoms with Crippen molar-refractivity contribution >= 4 is 81.2 Å². The molecule has 5 aromatic rings. The fourth-order valence-electron chi connectivity index (χ4n) is 12.3. The van der Waals surface area contributed by atoms with Crippen LogP contribution in [0, 0.1) is 17.3 Å². The molecule has 0 aliphatic carbocycles. The molecule has 10 rings (SSSR count). The molecule has 4 N–H and O–H groups in total. The maximum atomic E-state index is 15.0. The largest absolute Gasteiger partial charge is 0.399 e. The van der Waals surface area contributed by atoms with Crippen molar-refractivity contribution in [2.24, 2.45) is 24.3 Å². The van der Waals surface area contributed by atoms with Crippen LogP contribution < -0.4 is 21.2 Å². The Hall–Kier alpha value is -6.36. The minimum Gasteiger partial charge on any atom is -0.371 e. The first-order valence-corrected chi connectivity index (χ1v) is 30.1. The maximum Gasteiger partial charge on any atom is 0.399 e. The van der Waals surface area contributed by atoms with Crippen LogP contribution in [0.3, 0.4) is 0 Å². The summed E-state index contributed by atoms with van der Waals surface area (Å²) in [5.41, 5.74) is -3.32. The number of imidazole rings is 1. The number of halogens is 2. The van der Waals surface area contributed by atoms with Gasteiger partial charge in [-0.05, 0) is 110 Å². The first kappa shape index (κ1) is 57.9. The van der Waals surface area contributed by atoms with E-state index in [9.17, 15) is 56.7 Å². The Morgan fingerprint density at radius 3 is 2.23 bits per heavy atom. The zero-order chi connectivity index (χ0) is 57.7. The van der Waals surface area contributed by atoms with Gasteiger partial charge in [-0.3, -0.25) is 47.8 Å². The van der Waals surface area contributed by atoms with Crippen LogP contribution in [-0.2, 0) is 50.7 Å². The van der Waals surface area contributed by atoms with Gasteiger partial charge in [0.1, 0.15) is 30.8 Å². The third-order valence-electron chi connectivity index (χ3n) is 16.9. The zero-order valence-corrected chi connectivity index (χ0v) is 47.5. The van der Waals surface area contributed by atoms with Crippen molar-refractivity contribution in [2.75, 3.05) is 63.9 Å². The van der Waals surface area contributed by atoms with E-state index in [4.69, 9.17) is 9.47 Å². The molecule has 5 atom stereocenters. The van der Waals surface area contributed by atoms with Gasteiger partial charge in [-0.25, -0.2) is 4.79 Å². The van der Waals surface area contributed by atoms with E-state index in [-0.39, 0.29) is 85.8 Å². The third-order valence-corrected chi connectivity index (χ3v) is 19.0. The van der Waals surface area contributed by atoms with Crippen LogP contribution in [-0.4, -0.2) is 146 Å². The number of hydrogen-bond acceptors (Lipinski definition) is 12. The number of thiophene rings is 1. The highest BCUT2D eigenvalue weighted by molar-refractivity contribution is 7.52. The fraction of sp³-hybridized carbons (Fsp3) is 0.526. The molecule has 20 nitrogen and oxygen atoms in total. The summed E-state index contributed by atoms with van der Waals surface area (Å²) in [4.78, 5) is 122. The number of fused-ring (bicyclic) bond motifs is 2. The molecule has 3 aromatic carbocycles. The number of piperidine rings is 3. The second-order valence-electron chi connectivity index (χ2n) is 23.2. The Bertz CT molecular complexity index is 3340. The highest BCUT2D eigenvalue weighted by atomic mass is 32.1. The number of likely N-dealkylation sites (tertiary alicyclic amines) is 2. The monoisotopic (exact) mass is 1160 g/mol. The quantitative estimate of drug-likeness (QED) is 0.0734. The molecule has 5 saturated heterocycles. The van der Waals surface area contributed by atoms with Crippen molar-refractivity contribution in [1.82, 2.24) is 34.5 Å². The van der Waals surface area contributed by atoms with E-state index in [1.165, 1.54) is 21.6 Å². The summed E-state index contributed by atoms with van der Waals surface area (Å²) >= 11 is 0.957. The molecular formula is C57H69F2N8O12PS. The van der Waals surface area contributed by atoms with Crippen molar-refractivity contribution < 1.29 is 61.4 Å². The lowest BCUT2D eigenvalue weighted by molar-refractivity contribution is -0.156. The van der Waals surface area contributed by atoms with Gasteiger partial charge in [0, 0.05) is 68.7 Å². The van der Waals surface area contributed by atoms with E-state index in [1.54, 1.807) is 42.2 Å². The number of aryl methyl sites for hydroxylation is 1. The molecule has 81 heavy (non-hydrogen) atoms. The number of alkyl halides is 2. The van der Waals surface area contributed by atoms with E-state index in [2.05, 4.69) is 15.5 Å². The summed E-state index contributed by atoms with van der Waals surface area (Å²) in [5, 5.41) is 5.36. The number of amides is 6. The Balaban J connectivity index is 0.765. The van der Waals surface area contributed by atoms with Crippen molar-refractivity contribution in [1.29, 1.82) is 0 Å². The van der Waals surface area contributed by atoms with Crippen LogP contribution >= 0.6 is 18.9 Å². The summed E-state index contributed by atoms with van der Waals surface area (Å²) in [6.45, 7) is 8.58. The summed E-state index contributed by atoms with van der Waals surface area (Å²) in [6, 6.07) is 16.7. The van der Waals surface area contributed by atoms with Crippen LogP contribution in [0.2, 0.25) is 0 Å². The predicted molar refractivity (Wildman–Crippen MR) is 298 cm³/mol. The predicted octanol–water partition coefficient (Wildman–Crippen LogP) is 6.04. The number of rotatable bonds is 14. The maximum absolute atomic E-state index is 15.0. The number of hydrogen-bond donors (Lipinski definition) is 4. The zero-order valence-electron chi connectivity index (χ0n) is 45.8. The van der Waals surface area contributed by atoms with Crippen LogP contribution in [0.25, 0.3) is 21.1 Å². The van der Waals surface area contributed by atoms with Crippen molar-refractivity contribution in [3.05, 3.63) is 99.3 Å². The topological polar surface area (TPSA) is 242 Å². The standard InChI is InChI=1S/C57H69F2N8O12PS/c1-56(2,3)50(61-52(71)46-30-37-29-38(10-14-45(37)81-46)57(58,59)80(75,76)77)54(73)66-25-20-43(49(66)53(72)65-26-27-78-44(32-65)36-8-6-5-7-9-36)79-33-48(69)64-23-18-35(19-24-64)28-34-16-21-63(22-17-34)39-11-12-40-42(31-39)62(4)55(74)67(40)41-13-15-47(68)60-51(41)70/h5-12,14,29-31,34-35,41,43-44,49-50H,13,15-28,32-33H2,1-4H3,(H,61,71)(H,60,68,70)(H2,75,76,77)/t41?,43-,44+,49+,50-/m1/s1. The number of imide groups is 1. The molecule has 7 heterocycles. The fourth-order valence-corrected chi connectivity index (χ4v) is 13.7.